The van der Waals surface area contributed by atoms with Gasteiger partial charge in [-0.1, -0.05) is 88.6 Å². The van der Waals surface area contributed by atoms with E-state index in [9.17, 15) is 57.3 Å². The number of aromatic hydroxyl groups is 2. The predicted octanol–water partition coefficient (Wildman–Crippen LogP) is 4.97. The number of unbranched alkanes of at least 4 members (excludes halogenated alkanes) is 1. The topological polar surface area (TPSA) is 282 Å². The van der Waals surface area contributed by atoms with Crippen molar-refractivity contribution < 1.29 is 72.9 Å². The Kier molecular flexibility index (Phi) is 22.6. The summed E-state index contributed by atoms with van der Waals surface area (Å²) in [7, 11) is 1.38. The molecule has 1 heterocycles. The van der Waals surface area contributed by atoms with E-state index < -0.39 is 65.9 Å². The molecular formula is C55H69F3N6O11. The number of carbonyl (C=O) groups is 7. The lowest BCUT2D eigenvalue weighted by Gasteiger charge is -2.32. The number of aryl methyl sites for hydroxylation is 1. The molecule has 0 fully saturated rings. The molecule has 17 nitrogen and oxygen atoms in total. The summed E-state index contributed by atoms with van der Waals surface area (Å²) in [6.45, 7) is 8.82. The quantitative estimate of drug-likeness (QED) is 0.0547. The lowest BCUT2D eigenvalue weighted by Crippen LogP contribution is -2.55. The molecule has 0 aliphatic carbocycles. The van der Waals surface area contributed by atoms with Crippen molar-refractivity contribution in [3.05, 3.63) is 107 Å². The highest BCUT2D eigenvalue weighted by atomic mass is 19.4. The normalized spacial score (nSPS) is 16.4. The number of phenolic OH excluding ortho intramolecular Hbond substituents is 2. The van der Waals surface area contributed by atoms with Crippen LogP contribution < -0.4 is 32.1 Å². The minimum atomic E-state index is -5.19. The first kappa shape index (κ1) is 60.1. The predicted molar refractivity (Wildman–Crippen MR) is 271 cm³/mol. The first-order valence-electron chi connectivity index (χ1n) is 25.0. The minimum Gasteiger partial charge on any atom is -0.542 e. The Hall–Kier alpha value is -7.48. The van der Waals surface area contributed by atoms with E-state index in [2.05, 4.69) is 72.0 Å². The summed E-state index contributed by atoms with van der Waals surface area (Å²) in [5.74, 6) is -6.50. The van der Waals surface area contributed by atoms with Crippen LogP contribution in [0.4, 0.5) is 13.2 Å². The second kappa shape index (κ2) is 28.3. The van der Waals surface area contributed by atoms with Crippen LogP contribution in [0.2, 0.25) is 0 Å². The number of alkyl halides is 3. The highest BCUT2D eigenvalue weighted by Gasteiger charge is 2.36. The van der Waals surface area contributed by atoms with Crippen LogP contribution in [0.15, 0.2) is 84.9 Å². The lowest BCUT2D eigenvalue weighted by molar-refractivity contribution is -0.368. The van der Waals surface area contributed by atoms with E-state index >= 15 is 0 Å². The van der Waals surface area contributed by atoms with E-state index in [1.54, 1.807) is 12.1 Å². The number of hydrogen-bond acceptors (Lipinski definition) is 10. The van der Waals surface area contributed by atoms with Crippen molar-refractivity contribution in [2.24, 2.45) is 11.8 Å². The number of benzene rings is 4. The number of carboxylic acid groups (broad SMARTS) is 2. The van der Waals surface area contributed by atoms with Crippen molar-refractivity contribution in [3.8, 4) is 33.8 Å². The highest BCUT2D eigenvalue weighted by Crippen LogP contribution is 2.39. The fourth-order valence-corrected chi connectivity index (χ4v) is 8.43. The Morgan fingerprint density at radius 2 is 1.40 bits per heavy atom. The Balaban J connectivity index is 0.00000162. The zero-order chi connectivity index (χ0) is 55.6. The number of likely N-dealkylation sites (N-methyl/N-ethyl adjacent to an activating group) is 1. The number of nitrogens with one attached hydrogen (secondary N) is 4. The van der Waals surface area contributed by atoms with Crippen LogP contribution in [-0.2, 0) is 41.6 Å². The maximum Gasteiger partial charge on any atom is 0.430 e. The summed E-state index contributed by atoms with van der Waals surface area (Å²) < 4.78 is 31.5. The summed E-state index contributed by atoms with van der Waals surface area (Å²) in [6, 6.07) is 19.1. The van der Waals surface area contributed by atoms with Crippen molar-refractivity contribution in [2.45, 2.75) is 122 Å². The molecule has 1 unspecified atom stereocenters. The van der Waals surface area contributed by atoms with Crippen molar-refractivity contribution in [3.63, 3.8) is 0 Å². The summed E-state index contributed by atoms with van der Waals surface area (Å²) in [5.41, 5.74) is 8.51. The second-order valence-electron chi connectivity index (χ2n) is 19.3. The van der Waals surface area contributed by atoms with Gasteiger partial charge in [-0.3, -0.25) is 24.0 Å². The Labute approximate surface area is 434 Å². The largest absolute Gasteiger partial charge is 0.542 e. The molecule has 0 saturated carbocycles. The average Bonchev–Trinajstić information content (AvgIpc) is 3.35. The molecule has 0 spiro atoms. The van der Waals surface area contributed by atoms with Gasteiger partial charge in [0.05, 0.1) is 6.54 Å². The van der Waals surface area contributed by atoms with Crippen LogP contribution >= 0.6 is 0 Å². The third-order valence-electron chi connectivity index (χ3n) is 12.8. The molecule has 5 amide bonds. The van der Waals surface area contributed by atoms with Crippen LogP contribution in [0.25, 0.3) is 22.3 Å². The van der Waals surface area contributed by atoms with Gasteiger partial charge in [-0.2, -0.15) is 13.2 Å². The number of aliphatic carboxylic acids is 2. The zero-order valence-corrected chi connectivity index (χ0v) is 42.9. The van der Waals surface area contributed by atoms with Crippen LogP contribution in [0, 0.1) is 11.8 Å². The molecule has 1 aliphatic heterocycles. The van der Waals surface area contributed by atoms with Gasteiger partial charge in [0.15, 0.2) is 0 Å². The minimum absolute atomic E-state index is 0.0160. The maximum absolute atomic E-state index is 14.4. The third-order valence-corrected chi connectivity index (χ3v) is 12.8. The van der Waals surface area contributed by atoms with Crippen LogP contribution in [0.1, 0.15) is 112 Å². The summed E-state index contributed by atoms with van der Waals surface area (Å²) in [6.07, 6.45) is 1.87. The van der Waals surface area contributed by atoms with E-state index in [1.807, 2.05) is 12.1 Å². The van der Waals surface area contributed by atoms with Crippen molar-refractivity contribution >= 4 is 41.5 Å². The van der Waals surface area contributed by atoms with Gasteiger partial charge >= 0.3 is 12.1 Å². The van der Waals surface area contributed by atoms with E-state index in [1.165, 1.54) is 75.2 Å². The number of carbonyl (C=O) groups excluding carboxylic acids is 6. The van der Waals surface area contributed by atoms with Crippen LogP contribution in [0.3, 0.4) is 0 Å². The molecule has 1 aliphatic rings. The number of carboxylic acids is 2. The number of rotatable bonds is 20. The molecule has 5 atom stereocenters. The van der Waals surface area contributed by atoms with Gasteiger partial charge in [-0.15, -0.1) is 0 Å². The van der Waals surface area contributed by atoms with Gasteiger partial charge in [0, 0.05) is 43.1 Å². The van der Waals surface area contributed by atoms with Gasteiger partial charge in [-0.25, -0.2) is 4.79 Å². The molecule has 5 rings (SSSR count). The van der Waals surface area contributed by atoms with Gasteiger partial charge in [0.25, 0.3) is 5.91 Å². The van der Waals surface area contributed by atoms with Crippen LogP contribution in [-0.4, -0.2) is 106 Å². The van der Waals surface area contributed by atoms with Gasteiger partial charge < -0.3 is 57.1 Å². The van der Waals surface area contributed by atoms with E-state index in [4.69, 9.17) is 9.90 Å². The van der Waals surface area contributed by atoms with Gasteiger partial charge in [-0.05, 0) is 115 Å². The summed E-state index contributed by atoms with van der Waals surface area (Å²) >= 11 is 0. The number of nitrogens with zero attached hydrogens (tertiary/aromatic N) is 1. The molecule has 20 heteroatoms. The molecule has 0 radical (unpaired) electrons. The van der Waals surface area contributed by atoms with Crippen molar-refractivity contribution in [1.82, 2.24) is 26.2 Å². The van der Waals surface area contributed by atoms with E-state index in [0.29, 0.717) is 36.4 Å². The standard InChI is InChI=1S/C53H68N6O9.C2HF3O2/c1-32(2)9-8-10-33(3)12-13-35-14-17-37(18-15-35)38-19-21-39(22-20-38)50(64)55-28-26-47(62)57-43(11-6-7-27-54)52(66)59(5)48-40-23-25-46(61)42(31-40)41-29-36(16-24-45(41)60)30-44(53(67)68)58-49(63)34(4)56-51(48)65;3-2(4,5)1(6)7/h14-25,29,31-34,43-44,48,60-61H,6-13,26-28,30,54H2,1-5H3,(H,55,64)(H,56,65)(H,57,62)(H,58,63)(H,67,68);(H,6,7)/t33?,34-,43-,44-,48-;/m0./s1. The number of halogens is 3. The van der Waals surface area contributed by atoms with E-state index in [-0.39, 0.29) is 59.9 Å². The molecule has 0 saturated heterocycles. The second-order valence-corrected chi connectivity index (χ2v) is 19.3. The molecule has 10 N–H and O–H groups in total. The molecular weight excluding hydrogens is 978 g/mol. The molecule has 0 aromatic heterocycles. The zero-order valence-electron chi connectivity index (χ0n) is 42.9. The number of fused-ring (bicyclic) bond motifs is 5. The lowest BCUT2D eigenvalue weighted by atomic mass is 9.93. The third kappa shape index (κ3) is 18.4. The molecule has 4 aromatic rings. The first-order valence-corrected chi connectivity index (χ1v) is 25.0. The average molecular weight is 1050 g/mol. The Morgan fingerprint density at radius 1 is 0.800 bits per heavy atom. The van der Waals surface area contributed by atoms with Crippen molar-refractivity contribution in [2.75, 3.05) is 20.1 Å². The maximum atomic E-state index is 14.4. The Bertz CT molecular complexity index is 2610. The number of quaternary nitrogens is 1. The number of amides is 5. The smallest absolute Gasteiger partial charge is 0.430 e. The fraction of sp³-hybridized carbons (Fsp3) is 0.436. The summed E-state index contributed by atoms with van der Waals surface area (Å²) in [4.78, 5) is 90.6. The fourth-order valence-electron chi connectivity index (χ4n) is 8.43. The molecule has 406 valence electrons. The van der Waals surface area contributed by atoms with Crippen molar-refractivity contribution in [1.29, 1.82) is 0 Å². The number of phenols is 2. The van der Waals surface area contributed by atoms with E-state index in [0.717, 1.165) is 34.8 Å². The van der Waals surface area contributed by atoms with Crippen LogP contribution in [0.5, 0.6) is 11.5 Å². The Morgan fingerprint density at radius 3 is 1.99 bits per heavy atom. The van der Waals surface area contributed by atoms with Gasteiger partial charge in [0.2, 0.25) is 23.6 Å². The molecule has 75 heavy (non-hydrogen) atoms. The molecule has 4 bridgehead atoms. The first-order chi connectivity index (χ1) is 35.4. The SMILES string of the molecule is CC(C)CCCC(C)CCc1ccc(-c2ccc(C(=O)NCCC(=O)N[C@@H](CCCC[NH3+])C(=O)N(C)[C@@H]3C(=O)N[C@@H](C)C(=O)N[C@H](C(=O)O)Cc4ccc(O)c(c4)-c4cc3ccc4O)cc2)cc1.O=C([O-])C(F)(F)F. The van der Waals surface area contributed by atoms with Gasteiger partial charge in [0.1, 0.15) is 41.6 Å². The highest BCUT2D eigenvalue weighted by molar-refractivity contribution is 5.97. The number of hydrogen-bond donors (Lipinski definition) is 8. The molecule has 4 aromatic carbocycles. The monoisotopic (exact) mass is 1050 g/mol. The summed E-state index contributed by atoms with van der Waals surface area (Å²) in [5, 5.41) is 51.2.